The molecular weight excluding hydrogens is 210 g/mol. The van der Waals surface area contributed by atoms with Crippen LogP contribution in [0.15, 0.2) is 24.3 Å². The Balaban J connectivity index is 2.05. The van der Waals surface area contributed by atoms with E-state index >= 15 is 0 Å². The second kappa shape index (κ2) is 5.46. The predicted molar refractivity (Wildman–Crippen MR) is 70.4 cm³/mol. The van der Waals surface area contributed by atoms with Crippen LogP contribution >= 0.6 is 0 Å². The van der Waals surface area contributed by atoms with Gasteiger partial charge in [0.1, 0.15) is 0 Å². The smallest absolute Gasteiger partial charge is 0.160 e. The maximum atomic E-state index is 11.6. The van der Waals surface area contributed by atoms with E-state index in [9.17, 15) is 4.79 Å². The fourth-order valence-electron chi connectivity index (χ4n) is 2.62. The summed E-state index contributed by atoms with van der Waals surface area (Å²) in [4.78, 5) is 13.9. The fourth-order valence-corrected chi connectivity index (χ4v) is 2.62. The molecule has 0 amide bonds. The normalized spacial score (nSPS) is 18.2. The van der Waals surface area contributed by atoms with Gasteiger partial charge in [0.05, 0.1) is 0 Å². The molecule has 1 aromatic rings. The molecule has 1 heterocycles. The quantitative estimate of drug-likeness (QED) is 0.746. The maximum Gasteiger partial charge on any atom is 0.160 e. The average Bonchev–Trinajstić information content (AvgIpc) is 2.32. The van der Waals surface area contributed by atoms with E-state index in [1.807, 2.05) is 18.2 Å². The number of carbonyl (C=O) groups is 1. The highest BCUT2D eigenvalue weighted by atomic mass is 16.1. The zero-order chi connectivity index (χ0) is 12.3. The SMILES string of the molecule is CC(=O)c1ccccc1CC1CCN(C)CC1. The topological polar surface area (TPSA) is 20.3 Å². The van der Waals surface area contributed by atoms with Gasteiger partial charge in [0, 0.05) is 5.56 Å². The van der Waals surface area contributed by atoms with Crippen molar-refractivity contribution in [3.63, 3.8) is 0 Å². The summed E-state index contributed by atoms with van der Waals surface area (Å²) in [6.45, 7) is 4.04. The number of Topliss-reactive ketones (excluding diaryl/α,β-unsaturated/α-hetero) is 1. The van der Waals surface area contributed by atoms with Crippen molar-refractivity contribution in [2.45, 2.75) is 26.2 Å². The average molecular weight is 231 g/mol. The summed E-state index contributed by atoms with van der Waals surface area (Å²) in [7, 11) is 2.18. The van der Waals surface area contributed by atoms with Crippen LogP contribution in [0.25, 0.3) is 0 Å². The van der Waals surface area contributed by atoms with E-state index in [0.717, 1.165) is 17.9 Å². The lowest BCUT2D eigenvalue weighted by Gasteiger charge is -2.29. The predicted octanol–water partition coefficient (Wildman–Crippen LogP) is 2.77. The molecule has 1 aliphatic heterocycles. The molecule has 2 rings (SSSR count). The molecule has 0 bridgehead atoms. The van der Waals surface area contributed by atoms with Crippen molar-refractivity contribution in [2.24, 2.45) is 5.92 Å². The van der Waals surface area contributed by atoms with Gasteiger partial charge in [-0.05, 0) is 57.8 Å². The molecule has 0 radical (unpaired) electrons. The number of benzene rings is 1. The number of hydrogen-bond acceptors (Lipinski definition) is 2. The Hall–Kier alpha value is -1.15. The number of piperidine rings is 1. The zero-order valence-electron chi connectivity index (χ0n) is 10.8. The van der Waals surface area contributed by atoms with Gasteiger partial charge in [0.25, 0.3) is 0 Å². The minimum absolute atomic E-state index is 0.188. The van der Waals surface area contributed by atoms with E-state index in [2.05, 4.69) is 18.0 Å². The first-order valence-corrected chi connectivity index (χ1v) is 6.44. The van der Waals surface area contributed by atoms with Gasteiger partial charge in [-0.15, -0.1) is 0 Å². The molecule has 17 heavy (non-hydrogen) atoms. The van der Waals surface area contributed by atoms with Crippen LogP contribution in [0.5, 0.6) is 0 Å². The Morgan fingerprint density at radius 2 is 1.94 bits per heavy atom. The standard InChI is InChI=1S/C15H21NO/c1-12(17)15-6-4-3-5-14(15)11-13-7-9-16(2)10-8-13/h3-6,13H,7-11H2,1-2H3. The number of hydrogen-bond donors (Lipinski definition) is 0. The second-order valence-corrected chi connectivity index (χ2v) is 5.16. The van der Waals surface area contributed by atoms with E-state index in [1.54, 1.807) is 6.92 Å². The van der Waals surface area contributed by atoms with Gasteiger partial charge in [-0.1, -0.05) is 24.3 Å². The van der Waals surface area contributed by atoms with Crippen molar-refractivity contribution >= 4 is 5.78 Å². The molecular formula is C15H21NO. The minimum Gasteiger partial charge on any atom is -0.306 e. The largest absolute Gasteiger partial charge is 0.306 e. The first-order chi connectivity index (χ1) is 8.16. The number of likely N-dealkylation sites (tertiary alicyclic amines) is 1. The summed E-state index contributed by atoms with van der Waals surface area (Å²) in [5.74, 6) is 0.931. The molecule has 0 spiro atoms. The Morgan fingerprint density at radius 1 is 1.29 bits per heavy atom. The number of carbonyl (C=O) groups excluding carboxylic acids is 1. The van der Waals surface area contributed by atoms with Crippen molar-refractivity contribution in [3.8, 4) is 0 Å². The summed E-state index contributed by atoms with van der Waals surface area (Å²) >= 11 is 0. The summed E-state index contributed by atoms with van der Waals surface area (Å²) < 4.78 is 0. The molecule has 1 aromatic carbocycles. The third-order valence-corrected chi connectivity index (χ3v) is 3.74. The minimum atomic E-state index is 0.188. The highest BCUT2D eigenvalue weighted by Gasteiger charge is 2.18. The Kier molecular flexibility index (Phi) is 3.95. The molecule has 1 saturated heterocycles. The van der Waals surface area contributed by atoms with Crippen LogP contribution in [0.2, 0.25) is 0 Å². The van der Waals surface area contributed by atoms with E-state index in [4.69, 9.17) is 0 Å². The van der Waals surface area contributed by atoms with Crippen molar-refractivity contribution in [3.05, 3.63) is 35.4 Å². The molecule has 2 nitrogen and oxygen atoms in total. The zero-order valence-corrected chi connectivity index (χ0v) is 10.8. The summed E-state index contributed by atoms with van der Waals surface area (Å²) in [5.41, 5.74) is 2.14. The Morgan fingerprint density at radius 3 is 2.59 bits per heavy atom. The Labute approximate surface area is 104 Å². The third kappa shape index (κ3) is 3.16. The van der Waals surface area contributed by atoms with Crippen LogP contribution in [0.3, 0.4) is 0 Å². The Bertz CT molecular complexity index is 392. The van der Waals surface area contributed by atoms with Crippen molar-refractivity contribution in [1.29, 1.82) is 0 Å². The van der Waals surface area contributed by atoms with E-state index < -0.39 is 0 Å². The van der Waals surface area contributed by atoms with Crippen LogP contribution in [0, 0.1) is 5.92 Å². The highest BCUT2D eigenvalue weighted by molar-refractivity contribution is 5.95. The monoisotopic (exact) mass is 231 g/mol. The van der Waals surface area contributed by atoms with E-state index in [1.165, 1.54) is 31.5 Å². The summed E-state index contributed by atoms with van der Waals surface area (Å²) in [6.07, 6.45) is 3.56. The lowest BCUT2D eigenvalue weighted by molar-refractivity contribution is 0.101. The van der Waals surface area contributed by atoms with Crippen molar-refractivity contribution in [1.82, 2.24) is 4.90 Å². The van der Waals surface area contributed by atoms with Gasteiger partial charge in [0.15, 0.2) is 5.78 Å². The number of ketones is 1. The first kappa shape index (κ1) is 12.3. The number of rotatable bonds is 3. The molecule has 0 saturated carbocycles. The molecule has 92 valence electrons. The lowest BCUT2D eigenvalue weighted by Crippen LogP contribution is -2.31. The second-order valence-electron chi connectivity index (χ2n) is 5.16. The van der Waals surface area contributed by atoms with Gasteiger partial charge < -0.3 is 4.90 Å². The van der Waals surface area contributed by atoms with Gasteiger partial charge in [-0.2, -0.15) is 0 Å². The van der Waals surface area contributed by atoms with Crippen LogP contribution < -0.4 is 0 Å². The molecule has 2 heteroatoms. The van der Waals surface area contributed by atoms with E-state index in [0.29, 0.717) is 0 Å². The van der Waals surface area contributed by atoms with Crippen molar-refractivity contribution < 1.29 is 4.79 Å². The first-order valence-electron chi connectivity index (χ1n) is 6.44. The van der Waals surface area contributed by atoms with Gasteiger partial charge in [-0.25, -0.2) is 0 Å². The van der Waals surface area contributed by atoms with Crippen LogP contribution in [0.4, 0.5) is 0 Å². The molecule has 1 aliphatic rings. The summed E-state index contributed by atoms with van der Waals surface area (Å²) in [5, 5.41) is 0. The van der Waals surface area contributed by atoms with Gasteiger partial charge in [-0.3, -0.25) is 4.79 Å². The molecule has 0 unspecified atom stereocenters. The maximum absolute atomic E-state index is 11.6. The van der Waals surface area contributed by atoms with Crippen LogP contribution in [0.1, 0.15) is 35.7 Å². The van der Waals surface area contributed by atoms with Gasteiger partial charge in [0.2, 0.25) is 0 Å². The van der Waals surface area contributed by atoms with Gasteiger partial charge >= 0.3 is 0 Å². The highest BCUT2D eigenvalue weighted by Crippen LogP contribution is 2.22. The third-order valence-electron chi connectivity index (χ3n) is 3.74. The lowest BCUT2D eigenvalue weighted by atomic mass is 9.88. The van der Waals surface area contributed by atoms with Crippen LogP contribution in [-0.2, 0) is 6.42 Å². The fraction of sp³-hybridized carbons (Fsp3) is 0.533. The summed E-state index contributed by atoms with van der Waals surface area (Å²) in [6, 6.07) is 8.05. The molecule has 0 N–H and O–H groups in total. The molecule has 0 aromatic heterocycles. The van der Waals surface area contributed by atoms with Crippen molar-refractivity contribution in [2.75, 3.05) is 20.1 Å². The molecule has 1 fully saturated rings. The van der Waals surface area contributed by atoms with E-state index in [-0.39, 0.29) is 5.78 Å². The number of nitrogens with zero attached hydrogens (tertiary/aromatic N) is 1. The molecule has 0 atom stereocenters. The van der Waals surface area contributed by atoms with Crippen LogP contribution in [-0.4, -0.2) is 30.8 Å². The molecule has 0 aliphatic carbocycles.